The van der Waals surface area contributed by atoms with Gasteiger partial charge in [-0.15, -0.1) is 0 Å². The summed E-state index contributed by atoms with van der Waals surface area (Å²) in [6.07, 6.45) is 2.45. The van der Waals surface area contributed by atoms with Crippen molar-refractivity contribution >= 4 is 23.0 Å². The van der Waals surface area contributed by atoms with Gasteiger partial charge in [-0.3, -0.25) is 9.36 Å². The lowest BCUT2D eigenvalue weighted by molar-refractivity contribution is 0.194. The second-order valence-electron chi connectivity index (χ2n) is 7.09. The van der Waals surface area contributed by atoms with Gasteiger partial charge in [0.25, 0.3) is 5.56 Å². The van der Waals surface area contributed by atoms with Crippen molar-refractivity contribution in [1.29, 1.82) is 0 Å². The van der Waals surface area contributed by atoms with Crippen LogP contribution in [0.4, 0.5) is 10.6 Å². The van der Waals surface area contributed by atoms with Gasteiger partial charge in [0.1, 0.15) is 5.52 Å². The minimum atomic E-state index is -0.169. The van der Waals surface area contributed by atoms with Crippen molar-refractivity contribution in [3.63, 3.8) is 0 Å². The number of aromatic nitrogens is 3. The first-order valence-electron chi connectivity index (χ1n) is 9.77. The lowest BCUT2D eigenvalue weighted by Crippen LogP contribution is -2.53. The molecule has 1 aromatic carbocycles. The number of amides is 2. The van der Waals surface area contributed by atoms with Crippen LogP contribution in [0.25, 0.3) is 11.2 Å². The van der Waals surface area contributed by atoms with E-state index in [1.807, 2.05) is 29.2 Å². The first-order valence-corrected chi connectivity index (χ1v) is 9.77. The smallest absolute Gasteiger partial charge is 0.317 e. The lowest BCUT2D eigenvalue weighted by Gasteiger charge is -2.35. The van der Waals surface area contributed by atoms with Crippen LogP contribution in [-0.2, 0) is 13.5 Å². The molecule has 3 heterocycles. The van der Waals surface area contributed by atoms with E-state index in [0.717, 1.165) is 6.42 Å². The van der Waals surface area contributed by atoms with Crippen LogP contribution in [0.5, 0.6) is 0 Å². The summed E-state index contributed by atoms with van der Waals surface area (Å²) in [6, 6.07) is 13.7. The van der Waals surface area contributed by atoms with E-state index in [4.69, 9.17) is 0 Å². The molecule has 150 valence electrons. The number of piperazine rings is 1. The maximum Gasteiger partial charge on any atom is 0.317 e. The van der Waals surface area contributed by atoms with Crippen molar-refractivity contribution < 1.29 is 4.79 Å². The van der Waals surface area contributed by atoms with Crippen molar-refractivity contribution in [2.75, 3.05) is 37.6 Å². The van der Waals surface area contributed by atoms with Gasteiger partial charge in [0.05, 0.1) is 0 Å². The first-order chi connectivity index (χ1) is 14.1. The fraction of sp³-hybridized carbons (Fsp3) is 0.333. The predicted octanol–water partition coefficient (Wildman–Crippen LogP) is 1.40. The van der Waals surface area contributed by atoms with Crippen LogP contribution in [0.3, 0.4) is 0 Å². The van der Waals surface area contributed by atoms with Crippen LogP contribution in [-0.4, -0.2) is 58.2 Å². The van der Waals surface area contributed by atoms with Gasteiger partial charge in [-0.05, 0) is 24.1 Å². The summed E-state index contributed by atoms with van der Waals surface area (Å²) in [5.41, 5.74) is 2.28. The largest absolute Gasteiger partial charge is 0.348 e. The van der Waals surface area contributed by atoms with Crippen LogP contribution >= 0.6 is 0 Å². The van der Waals surface area contributed by atoms with Gasteiger partial charge in [-0.2, -0.15) is 0 Å². The summed E-state index contributed by atoms with van der Waals surface area (Å²) in [5.74, 6) is 0.414. The number of rotatable bonds is 4. The van der Waals surface area contributed by atoms with E-state index in [0.29, 0.717) is 49.7 Å². The molecule has 2 aromatic heterocycles. The molecule has 1 fully saturated rings. The molecule has 2 amide bonds. The van der Waals surface area contributed by atoms with Crippen LogP contribution in [0, 0.1) is 0 Å². The van der Waals surface area contributed by atoms with Crippen LogP contribution < -0.4 is 15.8 Å². The van der Waals surface area contributed by atoms with Crippen molar-refractivity contribution in [2.45, 2.75) is 6.42 Å². The SMILES string of the molecule is Cn1c(=O)c(N2CCN(C(=O)NCCc3ccccc3)CC2)nc2cccnc21. The fourth-order valence-corrected chi connectivity index (χ4v) is 3.54. The summed E-state index contributed by atoms with van der Waals surface area (Å²) in [4.78, 5) is 37.6. The summed E-state index contributed by atoms with van der Waals surface area (Å²) < 4.78 is 1.53. The Balaban J connectivity index is 1.36. The molecule has 29 heavy (non-hydrogen) atoms. The summed E-state index contributed by atoms with van der Waals surface area (Å²) in [5, 5.41) is 2.98. The van der Waals surface area contributed by atoms with Gasteiger partial charge in [0.2, 0.25) is 0 Å². The number of hydrogen-bond donors (Lipinski definition) is 1. The van der Waals surface area contributed by atoms with Crippen molar-refractivity contribution in [1.82, 2.24) is 24.8 Å². The number of fused-ring (bicyclic) bond motifs is 1. The number of nitrogens with one attached hydrogen (secondary N) is 1. The highest BCUT2D eigenvalue weighted by atomic mass is 16.2. The van der Waals surface area contributed by atoms with E-state index in [-0.39, 0.29) is 11.6 Å². The van der Waals surface area contributed by atoms with E-state index in [1.54, 1.807) is 24.2 Å². The van der Waals surface area contributed by atoms with Crippen molar-refractivity contribution in [3.05, 3.63) is 64.6 Å². The van der Waals surface area contributed by atoms with Crippen LogP contribution in [0.2, 0.25) is 0 Å². The first kappa shape index (κ1) is 18.9. The summed E-state index contributed by atoms with van der Waals surface area (Å²) >= 11 is 0. The maximum atomic E-state index is 12.7. The van der Waals surface area contributed by atoms with E-state index in [1.165, 1.54) is 10.1 Å². The highest BCUT2D eigenvalue weighted by Crippen LogP contribution is 2.14. The van der Waals surface area contributed by atoms with Crippen LogP contribution in [0.15, 0.2) is 53.5 Å². The number of carbonyl (C=O) groups is 1. The highest BCUT2D eigenvalue weighted by Gasteiger charge is 2.24. The number of nitrogens with zero attached hydrogens (tertiary/aromatic N) is 5. The minimum Gasteiger partial charge on any atom is -0.348 e. The fourth-order valence-electron chi connectivity index (χ4n) is 3.54. The molecular weight excluding hydrogens is 368 g/mol. The van der Waals surface area contributed by atoms with Gasteiger partial charge in [-0.25, -0.2) is 14.8 Å². The lowest BCUT2D eigenvalue weighted by atomic mass is 10.1. The zero-order valence-corrected chi connectivity index (χ0v) is 16.4. The second kappa shape index (κ2) is 8.30. The zero-order valence-electron chi connectivity index (χ0n) is 16.4. The molecular formula is C21H24N6O2. The molecule has 1 saturated heterocycles. The van der Waals surface area contributed by atoms with E-state index in [9.17, 15) is 9.59 Å². The van der Waals surface area contributed by atoms with E-state index in [2.05, 4.69) is 27.4 Å². The number of benzene rings is 1. The average Bonchev–Trinajstić information content (AvgIpc) is 2.77. The quantitative estimate of drug-likeness (QED) is 0.726. The topological polar surface area (TPSA) is 83.4 Å². The Labute approximate surface area is 168 Å². The standard InChI is InChI=1S/C21H24N6O2/c1-25-18-17(8-5-10-22-18)24-19(20(25)28)26-12-14-27(15-13-26)21(29)23-11-9-16-6-3-2-4-7-16/h2-8,10H,9,11-15H2,1H3,(H,23,29). The Bertz CT molecular complexity index is 1060. The third-order valence-electron chi connectivity index (χ3n) is 5.21. The molecule has 1 aliphatic rings. The Hall–Kier alpha value is -3.42. The molecule has 0 bridgehead atoms. The van der Waals surface area contributed by atoms with Gasteiger partial charge in [0.15, 0.2) is 11.5 Å². The molecule has 8 nitrogen and oxygen atoms in total. The molecule has 0 spiro atoms. The third kappa shape index (κ3) is 4.06. The monoisotopic (exact) mass is 392 g/mol. The molecule has 1 N–H and O–H groups in total. The highest BCUT2D eigenvalue weighted by molar-refractivity contribution is 5.75. The Kier molecular flexibility index (Phi) is 5.41. The van der Waals surface area contributed by atoms with Gasteiger partial charge >= 0.3 is 6.03 Å². The van der Waals surface area contributed by atoms with E-state index >= 15 is 0 Å². The molecule has 3 aromatic rings. The van der Waals surface area contributed by atoms with Crippen LogP contribution in [0.1, 0.15) is 5.56 Å². The van der Waals surface area contributed by atoms with Crippen molar-refractivity contribution in [3.8, 4) is 0 Å². The maximum absolute atomic E-state index is 12.7. The molecule has 0 saturated carbocycles. The normalized spacial score (nSPS) is 14.2. The number of carbonyl (C=O) groups excluding carboxylic acids is 1. The molecule has 1 aliphatic heterocycles. The average molecular weight is 392 g/mol. The summed E-state index contributed by atoms with van der Waals surface area (Å²) in [6.45, 7) is 2.84. The Morgan fingerprint density at radius 1 is 1.07 bits per heavy atom. The molecule has 0 radical (unpaired) electrons. The number of urea groups is 1. The Morgan fingerprint density at radius 2 is 1.83 bits per heavy atom. The predicted molar refractivity (Wildman–Crippen MR) is 112 cm³/mol. The van der Waals surface area contributed by atoms with E-state index < -0.39 is 0 Å². The molecule has 0 atom stereocenters. The van der Waals surface area contributed by atoms with Gasteiger partial charge in [0, 0.05) is 46.0 Å². The molecule has 8 heteroatoms. The minimum absolute atomic E-state index is 0.0656. The third-order valence-corrected chi connectivity index (χ3v) is 5.21. The molecule has 0 aliphatic carbocycles. The van der Waals surface area contributed by atoms with Gasteiger partial charge < -0.3 is 15.1 Å². The number of aryl methyl sites for hydroxylation is 1. The second-order valence-corrected chi connectivity index (χ2v) is 7.09. The number of anilines is 1. The Morgan fingerprint density at radius 3 is 2.59 bits per heavy atom. The molecule has 4 rings (SSSR count). The molecule has 0 unspecified atom stereocenters. The number of hydrogen-bond acceptors (Lipinski definition) is 5. The summed E-state index contributed by atoms with van der Waals surface area (Å²) in [7, 11) is 1.71. The van der Waals surface area contributed by atoms with Crippen molar-refractivity contribution in [2.24, 2.45) is 7.05 Å². The zero-order chi connectivity index (χ0) is 20.2. The number of pyridine rings is 1. The van der Waals surface area contributed by atoms with Gasteiger partial charge in [-0.1, -0.05) is 30.3 Å².